The Labute approximate surface area is 171 Å². The summed E-state index contributed by atoms with van der Waals surface area (Å²) < 4.78 is 13.6. The summed E-state index contributed by atoms with van der Waals surface area (Å²) >= 11 is 0. The van der Waals surface area contributed by atoms with Gasteiger partial charge in [0.25, 0.3) is 0 Å². The molecular formula is C20H18N6O4. The molecule has 1 aromatic carbocycles. The van der Waals surface area contributed by atoms with Gasteiger partial charge in [-0.25, -0.2) is 9.48 Å². The number of carbonyl (C=O) groups excluding carboxylic acids is 2. The molecule has 10 nitrogen and oxygen atoms in total. The fourth-order valence-corrected chi connectivity index (χ4v) is 3.18. The lowest BCUT2D eigenvalue weighted by Gasteiger charge is -2.07. The molecule has 0 fully saturated rings. The van der Waals surface area contributed by atoms with E-state index in [4.69, 9.17) is 9.26 Å². The Bertz CT molecular complexity index is 1200. The highest BCUT2D eigenvalue weighted by atomic mass is 16.5. The van der Waals surface area contributed by atoms with Crippen LogP contribution >= 0.6 is 0 Å². The second-order valence-electron chi connectivity index (χ2n) is 6.72. The average Bonchev–Trinajstić information content (AvgIpc) is 3.47. The minimum atomic E-state index is -0.590. The molecule has 0 aliphatic heterocycles. The molecule has 3 heterocycles. The predicted octanol–water partition coefficient (Wildman–Crippen LogP) is 2.41. The van der Waals surface area contributed by atoms with E-state index < -0.39 is 5.97 Å². The molecule has 0 saturated heterocycles. The van der Waals surface area contributed by atoms with Gasteiger partial charge < -0.3 is 9.26 Å². The van der Waals surface area contributed by atoms with Crippen molar-refractivity contribution in [1.82, 2.24) is 29.9 Å². The minimum absolute atomic E-state index is 0.298. The van der Waals surface area contributed by atoms with Crippen molar-refractivity contribution in [2.45, 2.75) is 20.8 Å². The molecule has 30 heavy (non-hydrogen) atoms. The minimum Gasteiger partial charge on any atom is -0.454 e. The van der Waals surface area contributed by atoms with E-state index in [0.717, 1.165) is 5.69 Å². The van der Waals surface area contributed by atoms with Crippen molar-refractivity contribution in [3.8, 4) is 11.5 Å². The van der Waals surface area contributed by atoms with Gasteiger partial charge in [-0.05, 0) is 61.5 Å². The zero-order chi connectivity index (χ0) is 21.3. The molecule has 152 valence electrons. The maximum Gasteiger partial charge on any atom is 0.338 e. The Morgan fingerprint density at radius 2 is 1.87 bits per heavy atom. The Morgan fingerprint density at radius 3 is 2.50 bits per heavy atom. The number of aromatic nitrogens is 6. The Balaban J connectivity index is 1.44. The molecule has 0 bridgehead atoms. The Hall–Kier alpha value is -4.08. The van der Waals surface area contributed by atoms with E-state index in [0.29, 0.717) is 34.1 Å². The number of hydrogen-bond donors (Lipinski definition) is 0. The normalized spacial score (nSPS) is 10.9. The van der Waals surface area contributed by atoms with Gasteiger partial charge in [0.05, 0.1) is 11.3 Å². The largest absolute Gasteiger partial charge is 0.454 e. The highest BCUT2D eigenvalue weighted by Gasteiger charge is 2.20. The summed E-state index contributed by atoms with van der Waals surface area (Å²) in [5.74, 6) is 0.382. The van der Waals surface area contributed by atoms with Crippen molar-refractivity contribution < 1.29 is 18.8 Å². The molecule has 4 rings (SSSR count). The summed E-state index contributed by atoms with van der Waals surface area (Å²) in [6.45, 7) is 5.11. The zero-order valence-electron chi connectivity index (χ0n) is 16.6. The van der Waals surface area contributed by atoms with Crippen molar-refractivity contribution in [2.24, 2.45) is 0 Å². The van der Waals surface area contributed by atoms with Crippen molar-refractivity contribution in [3.63, 3.8) is 0 Å². The molecule has 0 atom stereocenters. The van der Waals surface area contributed by atoms with Gasteiger partial charge in [-0.1, -0.05) is 5.16 Å². The molecule has 0 aliphatic carbocycles. The van der Waals surface area contributed by atoms with Crippen molar-refractivity contribution >= 4 is 11.8 Å². The van der Waals surface area contributed by atoms with Crippen LogP contribution in [0.1, 0.15) is 37.9 Å². The summed E-state index contributed by atoms with van der Waals surface area (Å²) in [5, 5.41) is 14.9. The number of rotatable bonds is 6. The van der Waals surface area contributed by atoms with Gasteiger partial charge in [-0.15, -0.1) is 5.10 Å². The highest BCUT2D eigenvalue weighted by molar-refractivity contribution is 6.00. The lowest BCUT2D eigenvalue weighted by Crippen LogP contribution is -2.15. The van der Waals surface area contributed by atoms with Crippen LogP contribution < -0.4 is 0 Å². The summed E-state index contributed by atoms with van der Waals surface area (Å²) in [6, 6.07) is 10.1. The van der Waals surface area contributed by atoms with Crippen molar-refractivity contribution in [2.75, 3.05) is 6.61 Å². The topological polar surface area (TPSA) is 118 Å². The molecule has 0 radical (unpaired) electrons. The molecule has 0 saturated carbocycles. The fraction of sp³-hybridized carbons (Fsp3) is 0.200. The maximum atomic E-state index is 12.7. The number of nitrogens with zero attached hydrogens (tertiary/aromatic N) is 6. The molecular weight excluding hydrogens is 388 g/mol. The number of ketones is 1. The number of hydrogen-bond acceptors (Lipinski definition) is 8. The number of benzene rings is 1. The molecule has 0 unspecified atom stereocenters. The van der Waals surface area contributed by atoms with Gasteiger partial charge in [0.1, 0.15) is 12.1 Å². The third-order valence-electron chi connectivity index (χ3n) is 4.63. The second kappa shape index (κ2) is 7.74. The third-order valence-corrected chi connectivity index (χ3v) is 4.63. The van der Waals surface area contributed by atoms with Crippen LogP contribution in [-0.2, 0) is 4.74 Å². The van der Waals surface area contributed by atoms with E-state index in [1.165, 1.54) is 11.0 Å². The average molecular weight is 406 g/mol. The quantitative estimate of drug-likeness (QED) is 0.354. The van der Waals surface area contributed by atoms with Gasteiger partial charge in [0, 0.05) is 23.0 Å². The van der Waals surface area contributed by atoms with Crippen LogP contribution in [0, 0.1) is 20.8 Å². The number of Topliss-reactive ketones (excluding diaryl/α,β-unsaturated/α-hetero) is 1. The second-order valence-corrected chi connectivity index (χ2v) is 6.72. The molecule has 0 amide bonds. The summed E-state index contributed by atoms with van der Waals surface area (Å²) in [7, 11) is 0. The van der Waals surface area contributed by atoms with Crippen LogP contribution in [0.15, 0.2) is 47.2 Å². The van der Waals surface area contributed by atoms with Crippen LogP contribution in [0.5, 0.6) is 0 Å². The number of carbonyl (C=O) groups is 2. The van der Waals surface area contributed by atoms with Crippen molar-refractivity contribution in [3.05, 3.63) is 71.0 Å². The van der Waals surface area contributed by atoms with Gasteiger partial charge in [0.15, 0.2) is 12.4 Å². The van der Waals surface area contributed by atoms with Gasteiger partial charge >= 0.3 is 5.97 Å². The number of aryl methyl sites for hydroxylation is 2. The lowest BCUT2D eigenvalue weighted by molar-refractivity contribution is 0.0474. The third kappa shape index (κ3) is 3.62. The van der Waals surface area contributed by atoms with E-state index in [-0.39, 0.29) is 12.4 Å². The van der Waals surface area contributed by atoms with E-state index in [1.807, 2.05) is 18.4 Å². The predicted molar refractivity (Wildman–Crippen MR) is 104 cm³/mol. The SMILES string of the molecule is Cc1cc(-n2c(C)cc(C(=O)COC(=O)c3ccc(-n4cnnn4)cc3)c2C)no1. The van der Waals surface area contributed by atoms with Crippen LogP contribution in [0.25, 0.3) is 11.5 Å². The van der Waals surface area contributed by atoms with Crippen LogP contribution in [0.3, 0.4) is 0 Å². The number of esters is 1. The first-order valence-corrected chi connectivity index (χ1v) is 9.10. The summed E-state index contributed by atoms with van der Waals surface area (Å²) in [6.07, 6.45) is 1.45. The van der Waals surface area contributed by atoms with Gasteiger partial charge in [-0.2, -0.15) is 0 Å². The van der Waals surface area contributed by atoms with E-state index in [2.05, 4.69) is 20.7 Å². The van der Waals surface area contributed by atoms with Crippen LogP contribution in [-0.4, -0.2) is 48.3 Å². The van der Waals surface area contributed by atoms with Crippen LogP contribution in [0.2, 0.25) is 0 Å². The first-order valence-electron chi connectivity index (χ1n) is 9.10. The molecule has 0 aliphatic rings. The maximum absolute atomic E-state index is 12.7. The zero-order valence-corrected chi connectivity index (χ0v) is 16.6. The van der Waals surface area contributed by atoms with E-state index >= 15 is 0 Å². The first-order chi connectivity index (χ1) is 14.4. The smallest absolute Gasteiger partial charge is 0.338 e. The lowest BCUT2D eigenvalue weighted by atomic mass is 10.1. The number of ether oxygens (including phenoxy) is 1. The standard InChI is InChI=1S/C20H18N6O4/c1-12-8-17(14(3)26(12)19-9-13(2)30-22-19)18(27)10-29-20(28)15-4-6-16(7-5-15)25-11-21-23-24-25/h4-9,11H,10H2,1-3H3. The van der Waals surface area contributed by atoms with E-state index in [1.54, 1.807) is 43.3 Å². The Kier molecular flexibility index (Phi) is 4.97. The summed E-state index contributed by atoms with van der Waals surface area (Å²) in [4.78, 5) is 25.0. The van der Waals surface area contributed by atoms with E-state index in [9.17, 15) is 9.59 Å². The van der Waals surface area contributed by atoms with Crippen molar-refractivity contribution in [1.29, 1.82) is 0 Å². The fourth-order valence-electron chi connectivity index (χ4n) is 3.18. The van der Waals surface area contributed by atoms with Gasteiger partial charge in [-0.3, -0.25) is 9.36 Å². The van der Waals surface area contributed by atoms with Gasteiger partial charge in [0.2, 0.25) is 5.78 Å². The molecule has 0 spiro atoms. The molecule has 10 heteroatoms. The number of tetrazole rings is 1. The first kappa shape index (κ1) is 19.2. The molecule has 4 aromatic rings. The highest BCUT2D eigenvalue weighted by Crippen LogP contribution is 2.21. The summed E-state index contributed by atoms with van der Waals surface area (Å²) in [5.41, 5.74) is 3.02. The van der Waals surface area contributed by atoms with Crippen LogP contribution in [0.4, 0.5) is 0 Å². The molecule has 0 N–H and O–H groups in total. The molecule has 3 aromatic heterocycles. The monoisotopic (exact) mass is 406 g/mol. The Morgan fingerprint density at radius 1 is 1.10 bits per heavy atom.